The highest BCUT2D eigenvalue weighted by atomic mass is 35.5. The summed E-state index contributed by atoms with van der Waals surface area (Å²) < 4.78 is 1.85. The van der Waals surface area contributed by atoms with E-state index in [1.807, 2.05) is 23.6 Å². The molecule has 2 heterocycles. The van der Waals surface area contributed by atoms with Crippen LogP contribution >= 0.6 is 11.6 Å². The van der Waals surface area contributed by atoms with E-state index in [-0.39, 0.29) is 12.1 Å². The highest BCUT2D eigenvalue weighted by Gasteiger charge is 2.28. The van der Waals surface area contributed by atoms with Crippen LogP contribution in [0.1, 0.15) is 25.5 Å². The summed E-state index contributed by atoms with van der Waals surface area (Å²) in [6, 6.07) is 3.75. The van der Waals surface area contributed by atoms with Gasteiger partial charge >= 0.3 is 6.03 Å². The van der Waals surface area contributed by atoms with Crippen molar-refractivity contribution in [2.75, 3.05) is 0 Å². The van der Waals surface area contributed by atoms with E-state index in [2.05, 4.69) is 15.6 Å². The topological polar surface area (TPSA) is 58.4 Å². The van der Waals surface area contributed by atoms with E-state index in [1.54, 1.807) is 12.3 Å². The SMILES string of the molecule is CC(NC(=O)NCc1cn2cc(Cl)ccc2n1)C1CC1. The largest absolute Gasteiger partial charge is 0.335 e. The second kappa shape index (κ2) is 5.32. The number of carbonyl (C=O) groups is 1. The molecule has 0 radical (unpaired) electrons. The van der Waals surface area contributed by atoms with Gasteiger partial charge in [0.05, 0.1) is 17.3 Å². The third-order valence-corrected chi connectivity index (χ3v) is 3.81. The highest BCUT2D eigenvalue weighted by Crippen LogP contribution is 2.32. The van der Waals surface area contributed by atoms with Crippen LogP contribution in [0.25, 0.3) is 5.65 Å². The Hall–Kier alpha value is -1.75. The van der Waals surface area contributed by atoms with Crippen molar-refractivity contribution in [1.82, 2.24) is 20.0 Å². The zero-order valence-electron chi connectivity index (χ0n) is 11.3. The zero-order chi connectivity index (χ0) is 14.1. The Morgan fingerprint density at radius 3 is 3.05 bits per heavy atom. The number of amides is 2. The third kappa shape index (κ3) is 3.04. The second-order valence-electron chi connectivity index (χ2n) is 5.30. The lowest BCUT2D eigenvalue weighted by Crippen LogP contribution is -2.41. The lowest BCUT2D eigenvalue weighted by atomic mass is 10.2. The van der Waals surface area contributed by atoms with Crippen molar-refractivity contribution in [3.8, 4) is 0 Å². The molecule has 2 aromatic rings. The van der Waals surface area contributed by atoms with Crippen molar-refractivity contribution < 1.29 is 4.79 Å². The summed E-state index contributed by atoms with van der Waals surface area (Å²) in [5.74, 6) is 0.651. The molecule has 6 heteroatoms. The molecule has 1 fully saturated rings. The normalized spacial score (nSPS) is 16.1. The van der Waals surface area contributed by atoms with Crippen molar-refractivity contribution >= 4 is 23.3 Å². The maximum Gasteiger partial charge on any atom is 0.315 e. The molecule has 1 aliphatic rings. The fraction of sp³-hybridized carbons (Fsp3) is 0.429. The van der Waals surface area contributed by atoms with Crippen molar-refractivity contribution in [3.63, 3.8) is 0 Å². The van der Waals surface area contributed by atoms with Gasteiger partial charge < -0.3 is 15.0 Å². The number of imidazole rings is 1. The highest BCUT2D eigenvalue weighted by molar-refractivity contribution is 6.30. The molecule has 0 spiro atoms. The lowest BCUT2D eigenvalue weighted by Gasteiger charge is -2.12. The van der Waals surface area contributed by atoms with Crippen molar-refractivity contribution in [2.45, 2.75) is 32.4 Å². The summed E-state index contributed by atoms with van der Waals surface area (Å²) in [5, 5.41) is 6.44. The molecule has 1 unspecified atom stereocenters. The van der Waals surface area contributed by atoms with Crippen LogP contribution in [0, 0.1) is 5.92 Å². The Morgan fingerprint density at radius 1 is 1.50 bits per heavy atom. The average molecular weight is 293 g/mol. The number of nitrogens with zero attached hydrogens (tertiary/aromatic N) is 2. The van der Waals surface area contributed by atoms with Gasteiger partial charge in [0.25, 0.3) is 0 Å². The van der Waals surface area contributed by atoms with Gasteiger partial charge in [-0.3, -0.25) is 0 Å². The maximum absolute atomic E-state index is 11.8. The summed E-state index contributed by atoms with van der Waals surface area (Å²) in [7, 11) is 0. The number of hydrogen-bond acceptors (Lipinski definition) is 2. The summed E-state index contributed by atoms with van der Waals surface area (Å²) in [6.07, 6.45) is 6.09. The van der Waals surface area contributed by atoms with Crippen LogP contribution in [0.5, 0.6) is 0 Å². The van der Waals surface area contributed by atoms with Crippen molar-refractivity contribution in [1.29, 1.82) is 0 Å². The quantitative estimate of drug-likeness (QED) is 0.910. The maximum atomic E-state index is 11.8. The fourth-order valence-corrected chi connectivity index (χ4v) is 2.41. The molecule has 0 aromatic carbocycles. The molecule has 0 saturated heterocycles. The lowest BCUT2D eigenvalue weighted by molar-refractivity contribution is 0.236. The third-order valence-electron chi connectivity index (χ3n) is 3.58. The molecule has 1 aliphatic carbocycles. The predicted molar refractivity (Wildman–Crippen MR) is 77.8 cm³/mol. The Labute approximate surface area is 122 Å². The number of urea groups is 1. The van der Waals surface area contributed by atoms with Crippen LogP contribution in [0.2, 0.25) is 5.02 Å². The van der Waals surface area contributed by atoms with Gasteiger partial charge in [-0.15, -0.1) is 0 Å². The Balaban J connectivity index is 1.57. The second-order valence-corrected chi connectivity index (χ2v) is 5.73. The summed E-state index contributed by atoms with van der Waals surface area (Å²) in [5.41, 5.74) is 1.62. The number of carbonyl (C=O) groups excluding carboxylic acids is 1. The van der Waals surface area contributed by atoms with Crippen LogP contribution in [-0.4, -0.2) is 21.5 Å². The van der Waals surface area contributed by atoms with Gasteiger partial charge in [-0.2, -0.15) is 0 Å². The molecular formula is C14H17ClN4O. The van der Waals surface area contributed by atoms with E-state index in [9.17, 15) is 4.79 Å². The molecule has 2 amide bonds. The predicted octanol–water partition coefficient (Wildman–Crippen LogP) is 2.59. The Bertz CT molecular complexity index is 635. The van der Waals surface area contributed by atoms with Crippen LogP contribution in [-0.2, 0) is 6.54 Å². The molecule has 0 aliphatic heterocycles. The van der Waals surface area contributed by atoms with Crippen LogP contribution in [0.15, 0.2) is 24.5 Å². The van der Waals surface area contributed by atoms with E-state index < -0.39 is 0 Å². The smallest absolute Gasteiger partial charge is 0.315 e. The van der Waals surface area contributed by atoms with Crippen molar-refractivity contribution in [2.24, 2.45) is 5.92 Å². The van der Waals surface area contributed by atoms with E-state index in [1.165, 1.54) is 12.8 Å². The van der Waals surface area contributed by atoms with Crippen molar-refractivity contribution in [3.05, 3.63) is 35.2 Å². The number of nitrogens with one attached hydrogen (secondary N) is 2. The van der Waals surface area contributed by atoms with Crippen LogP contribution in [0.3, 0.4) is 0 Å². The first-order valence-electron chi connectivity index (χ1n) is 6.79. The minimum absolute atomic E-state index is 0.139. The molecule has 3 rings (SSSR count). The van der Waals surface area contributed by atoms with Crippen LogP contribution < -0.4 is 10.6 Å². The fourth-order valence-electron chi connectivity index (χ4n) is 2.25. The van der Waals surface area contributed by atoms with Gasteiger partial charge in [-0.1, -0.05) is 11.6 Å². The summed E-state index contributed by atoms with van der Waals surface area (Å²) >= 11 is 5.92. The first-order valence-corrected chi connectivity index (χ1v) is 7.17. The molecule has 5 nitrogen and oxygen atoms in total. The molecule has 20 heavy (non-hydrogen) atoms. The number of rotatable bonds is 4. The first kappa shape index (κ1) is 13.2. The monoisotopic (exact) mass is 292 g/mol. The van der Waals surface area contributed by atoms with E-state index in [0.717, 1.165) is 11.3 Å². The van der Waals surface area contributed by atoms with Gasteiger partial charge in [-0.25, -0.2) is 9.78 Å². The molecule has 2 N–H and O–H groups in total. The standard InChI is InChI=1S/C14H17ClN4O/c1-9(10-2-3-10)17-14(20)16-6-12-8-19-7-11(15)4-5-13(19)18-12/h4-5,7-10H,2-3,6H2,1H3,(H2,16,17,20). The molecule has 1 atom stereocenters. The zero-order valence-corrected chi connectivity index (χ0v) is 12.0. The molecule has 2 aromatic heterocycles. The first-order chi connectivity index (χ1) is 9.61. The van der Waals surface area contributed by atoms with Gasteiger partial charge in [0.2, 0.25) is 0 Å². The number of hydrogen-bond donors (Lipinski definition) is 2. The van der Waals surface area contributed by atoms with E-state index >= 15 is 0 Å². The minimum Gasteiger partial charge on any atom is -0.335 e. The minimum atomic E-state index is -0.139. The average Bonchev–Trinajstić information content (AvgIpc) is 3.17. The number of fused-ring (bicyclic) bond motifs is 1. The van der Waals surface area contributed by atoms with Gasteiger partial charge in [0.1, 0.15) is 5.65 Å². The van der Waals surface area contributed by atoms with Gasteiger partial charge in [0, 0.05) is 18.4 Å². The molecule has 0 bridgehead atoms. The Morgan fingerprint density at radius 2 is 2.30 bits per heavy atom. The number of halogens is 1. The number of aromatic nitrogens is 2. The molecule has 106 valence electrons. The molecular weight excluding hydrogens is 276 g/mol. The molecule has 1 saturated carbocycles. The van der Waals surface area contributed by atoms with Crippen LogP contribution in [0.4, 0.5) is 4.79 Å². The number of pyridine rings is 1. The van der Waals surface area contributed by atoms with Gasteiger partial charge in [-0.05, 0) is 37.8 Å². The van der Waals surface area contributed by atoms with E-state index in [4.69, 9.17) is 11.6 Å². The Kier molecular flexibility index (Phi) is 3.53. The summed E-state index contributed by atoms with van der Waals surface area (Å²) in [4.78, 5) is 16.2. The summed E-state index contributed by atoms with van der Waals surface area (Å²) in [6.45, 7) is 2.45. The van der Waals surface area contributed by atoms with E-state index in [0.29, 0.717) is 17.5 Å². The van der Waals surface area contributed by atoms with Gasteiger partial charge in [0.15, 0.2) is 0 Å².